The van der Waals surface area contributed by atoms with Crippen molar-refractivity contribution in [3.05, 3.63) is 71.1 Å². The van der Waals surface area contributed by atoms with Crippen LogP contribution in [0.2, 0.25) is 5.02 Å². The van der Waals surface area contributed by atoms with Crippen LogP contribution in [0, 0.1) is 0 Å². The highest BCUT2D eigenvalue weighted by atomic mass is 35.5. The predicted molar refractivity (Wildman–Crippen MR) is 110 cm³/mol. The fraction of sp³-hybridized carbons (Fsp3) is 0.318. The summed E-state index contributed by atoms with van der Waals surface area (Å²) >= 11 is 5.90. The second kappa shape index (κ2) is 8.57. The van der Waals surface area contributed by atoms with Crippen LogP contribution in [-0.4, -0.2) is 20.7 Å². The monoisotopic (exact) mass is 394 g/mol. The molecule has 1 aliphatic carbocycles. The van der Waals surface area contributed by atoms with E-state index in [1.54, 1.807) is 24.5 Å². The second-order valence-electron chi connectivity index (χ2n) is 7.22. The van der Waals surface area contributed by atoms with Crippen molar-refractivity contribution in [3.8, 4) is 11.3 Å². The van der Waals surface area contributed by atoms with Gasteiger partial charge in [-0.05, 0) is 48.7 Å². The second-order valence-corrected chi connectivity index (χ2v) is 7.66. The zero-order valence-electron chi connectivity index (χ0n) is 15.6. The molecule has 0 aliphatic heterocycles. The van der Waals surface area contributed by atoms with Crippen LogP contribution in [0.25, 0.3) is 11.3 Å². The van der Waals surface area contributed by atoms with E-state index in [0.29, 0.717) is 24.0 Å². The molecule has 1 saturated carbocycles. The Morgan fingerprint density at radius 1 is 1.11 bits per heavy atom. The van der Waals surface area contributed by atoms with Gasteiger partial charge in [-0.15, -0.1) is 0 Å². The first-order valence-corrected chi connectivity index (χ1v) is 10.1. The van der Waals surface area contributed by atoms with Crippen LogP contribution >= 0.6 is 11.6 Å². The Kier molecular flexibility index (Phi) is 5.72. The normalized spacial score (nSPS) is 14.3. The van der Waals surface area contributed by atoms with Gasteiger partial charge in [0.25, 0.3) is 0 Å². The van der Waals surface area contributed by atoms with Gasteiger partial charge in [-0.3, -0.25) is 14.5 Å². The molecule has 2 aromatic heterocycles. The van der Waals surface area contributed by atoms with Gasteiger partial charge < -0.3 is 5.32 Å². The van der Waals surface area contributed by atoms with E-state index in [1.165, 1.54) is 12.8 Å². The van der Waals surface area contributed by atoms with Gasteiger partial charge in [0.15, 0.2) is 0 Å². The summed E-state index contributed by atoms with van der Waals surface area (Å²) < 4.78 is 2.14. The Morgan fingerprint density at radius 3 is 2.54 bits per heavy atom. The fourth-order valence-electron chi connectivity index (χ4n) is 3.74. The Balaban J connectivity index is 1.47. The number of carbonyl (C=O) groups excluding carboxylic acids is 1. The molecular weight excluding hydrogens is 372 g/mol. The molecule has 0 saturated heterocycles. The van der Waals surface area contributed by atoms with Crippen molar-refractivity contribution in [2.45, 2.75) is 44.7 Å². The number of hydrogen-bond donors (Lipinski definition) is 1. The Hall–Kier alpha value is -2.66. The first kappa shape index (κ1) is 18.7. The largest absolute Gasteiger partial charge is 0.350 e. The Labute approximate surface area is 169 Å². The molecule has 0 spiro atoms. The van der Waals surface area contributed by atoms with Gasteiger partial charge in [-0.25, -0.2) is 0 Å². The quantitative estimate of drug-likeness (QED) is 0.666. The highest BCUT2D eigenvalue weighted by Crippen LogP contribution is 2.33. The Bertz CT molecular complexity index is 931. The predicted octanol–water partition coefficient (Wildman–Crippen LogP) is 4.57. The maximum absolute atomic E-state index is 12.3. The minimum Gasteiger partial charge on any atom is -0.350 e. The first-order valence-electron chi connectivity index (χ1n) is 9.69. The standard InChI is InChI=1S/C22H23ClN4O/c23-18-7-5-16(6-8-18)13-22(28)25-15-19-14-21(17-9-11-24-12-10-17)27(26-19)20-3-1-2-4-20/h5-12,14,20H,1-4,13,15H2,(H,25,28). The van der Waals surface area contributed by atoms with Crippen molar-refractivity contribution < 1.29 is 4.79 Å². The van der Waals surface area contributed by atoms with Crippen molar-refractivity contribution in [2.24, 2.45) is 0 Å². The maximum atomic E-state index is 12.3. The van der Waals surface area contributed by atoms with Crippen molar-refractivity contribution in [1.29, 1.82) is 0 Å². The lowest BCUT2D eigenvalue weighted by atomic mass is 10.1. The smallest absolute Gasteiger partial charge is 0.224 e. The van der Waals surface area contributed by atoms with Gasteiger partial charge in [0.05, 0.1) is 30.4 Å². The summed E-state index contributed by atoms with van der Waals surface area (Å²) in [6, 6.07) is 13.9. The van der Waals surface area contributed by atoms with Crippen LogP contribution < -0.4 is 5.32 Å². The highest BCUT2D eigenvalue weighted by molar-refractivity contribution is 6.30. The van der Waals surface area contributed by atoms with E-state index in [1.807, 2.05) is 24.3 Å². The molecule has 1 aromatic carbocycles. The van der Waals surface area contributed by atoms with E-state index in [2.05, 4.69) is 21.0 Å². The molecule has 0 unspecified atom stereocenters. The number of nitrogens with zero attached hydrogens (tertiary/aromatic N) is 3. The summed E-state index contributed by atoms with van der Waals surface area (Å²) in [5, 5.41) is 8.48. The van der Waals surface area contributed by atoms with Gasteiger partial charge in [0.2, 0.25) is 5.91 Å². The van der Waals surface area contributed by atoms with Gasteiger partial charge >= 0.3 is 0 Å². The minimum absolute atomic E-state index is 0.0248. The molecule has 144 valence electrons. The summed E-state index contributed by atoms with van der Waals surface area (Å²) in [6.45, 7) is 0.421. The minimum atomic E-state index is -0.0248. The molecule has 1 fully saturated rings. The number of hydrogen-bond acceptors (Lipinski definition) is 3. The number of amides is 1. The van der Waals surface area contributed by atoms with Crippen molar-refractivity contribution in [3.63, 3.8) is 0 Å². The molecule has 6 heteroatoms. The number of pyridine rings is 1. The molecule has 5 nitrogen and oxygen atoms in total. The van der Waals surface area contributed by atoms with E-state index >= 15 is 0 Å². The van der Waals surface area contributed by atoms with E-state index in [4.69, 9.17) is 16.7 Å². The summed E-state index contributed by atoms with van der Waals surface area (Å²) in [4.78, 5) is 16.4. The van der Waals surface area contributed by atoms with Crippen LogP contribution in [0.3, 0.4) is 0 Å². The van der Waals surface area contributed by atoms with E-state index in [9.17, 15) is 4.79 Å². The van der Waals surface area contributed by atoms with Crippen LogP contribution in [0.15, 0.2) is 54.9 Å². The van der Waals surface area contributed by atoms with Crippen molar-refractivity contribution in [2.75, 3.05) is 0 Å². The molecule has 3 aromatic rings. The summed E-state index contributed by atoms with van der Waals surface area (Å²) in [5.41, 5.74) is 4.02. The van der Waals surface area contributed by atoms with Crippen LogP contribution in [0.5, 0.6) is 0 Å². The Morgan fingerprint density at radius 2 is 1.82 bits per heavy atom. The zero-order valence-corrected chi connectivity index (χ0v) is 16.4. The highest BCUT2D eigenvalue weighted by Gasteiger charge is 2.22. The number of rotatable bonds is 6. The van der Waals surface area contributed by atoms with Crippen LogP contribution in [0.1, 0.15) is 43.0 Å². The van der Waals surface area contributed by atoms with E-state index in [-0.39, 0.29) is 5.91 Å². The summed E-state index contributed by atoms with van der Waals surface area (Å²) in [5.74, 6) is -0.0248. The van der Waals surface area contributed by atoms with E-state index in [0.717, 1.165) is 35.4 Å². The molecule has 0 atom stereocenters. The third-order valence-electron chi connectivity index (χ3n) is 5.18. The van der Waals surface area contributed by atoms with E-state index < -0.39 is 0 Å². The molecule has 0 bridgehead atoms. The lowest BCUT2D eigenvalue weighted by Gasteiger charge is -2.14. The number of nitrogens with one attached hydrogen (secondary N) is 1. The lowest BCUT2D eigenvalue weighted by molar-refractivity contribution is -0.120. The molecule has 0 radical (unpaired) electrons. The topological polar surface area (TPSA) is 59.8 Å². The third-order valence-corrected chi connectivity index (χ3v) is 5.43. The number of halogens is 1. The molecule has 1 N–H and O–H groups in total. The van der Waals surface area contributed by atoms with Crippen molar-refractivity contribution >= 4 is 17.5 Å². The zero-order chi connectivity index (χ0) is 19.3. The average molecular weight is 395 g/mol. The molecule has 4 rings (SSSR count). The maximum Gasteiger partial charge on any atom is 0.224 e. The average Bonchev–Trinajstić information content (AvgIpc) is 3.38. The first-order chi connectivity index (χ1) is 13.7. The summed E-state index contributed by atoms with van der Waals surface area (Å²) in [7, 11) is 0. The van der Waals surface area contributed by atoms with Gasteiger partial charge in [0.1, 0.15) is 0 Å². The van der Waals surface area contributed by atoms with Crippen LogP contribution in [0.4, 0.5) is 0 Å². The molecule has 1 amide bonds. The summed E-state index contributed by atoms with van der Waals surface area (Å²) in [6.07, 6.45) is 8.73. The third kappa shape index (κ3) is 4.42. The van der Waals surface area contributed by atoms with Crippen molar-refractivity contribution in [1.82, 2.24) is 20.1 Å². The van der Waals surface area contributed by atoms with Gasteiger partial charge in [-0.2, -0.15) is 5.10 Å². The van der Waals surface area contributed by atoms with Gasteiger partial charge in [0, 0.05) is 23.0 Å². The van der Waals surface area contributed by atoms with Gasteiger partial charge in [-0.1, -0.05) is 36.6 Å². The lowest BCUT2D eigenvalue weighted by Crippen LogP contribution is -2.24. The fourth-order valence-corrected chi connectivity index (χ4v) is 3.86. The molecule has 2 heterocycles. The SMILES string of the molecule is O=C(Cc1ccc(Cl)cc1)NCc1cc(-c2ccncc2)n(C2CCCC2)n1. The molecule has 1 aliphatic rings. The molecule has 28 heavy (non-hydrogen) atoms. The number of benzene rings is 1. The number of carbonyl (C=O) groups is 1. The number of aromatic nitrogens is 3. The van der Waals surface area contributed by atoms with Crippen LogP contribution in [-0.2, 0) is 17.8 Å². The molecular formula is C22H23ClN4O.